The van der Waals surface area contributed by atoms with Gasteiger partial charge in [-0.3, -0.25) is 14.4 Å². The third-order valence-corrected chi connectivity index (χ3v) is 11.1. The monoisotopic (exact) mass is 779 g/mol. The molecular weight excluding hydrogens is 685 g/mol. The molecule has 0 aromatic heterocycles. The van der Waals surface area contributed by atoms with E-state index in [2.05, 4.69) is 20.8 Å². The predicted octanol–water partition coefficient (Wildman–Crippen LogP) is 15.6. The summed E-state index contributed by atoms with van der Waals surface area (Å²) in [6.07, 6.45) is 46.9. The zero-order valence-electron chi connectivity index (χ0n) is 37.2. The van der Waals surface area contributed by atoms with Gasteiger partial charge in [0.2, 0.25) is 0 Å². The summed E-state index contributed by atoms with van der Waals surface area (Å²) >= 11 is 0. The molecule has 0 heterocycles. The summed E-state index contributed by atoms with van der Waals surface area (Å²) in [6, 6.07) is 0. The third-order valence-electron chi connectivity index (χ3n) is 11.1. The first-order valence-corrected chi connectivity index (χ1v) is 24.5. The van der Waals surface area contributed by atoms with Crippen LogP contribution in [-0.4, -0.2) is 37.2 Å². The lowest BCUT2D eigenvalue weighted by atomic mass is 10.0. The van der Waals surface area contributed by atoms with Crippen LogP contribution in [0.5, 0.6) is 0 Å². The van der Waals surface area contributed by atoms with Gasteiger partial charge >= 0.3 is 17.9 Å². The van der Waals surface area contributed by atoms with Crippen molar-refractivity contribution in [1.29, 1.82) is 0 Å². The molecule has 0 rings (SSSR count). The fourth-order valence-electron chi connectivity index (χ4n) is 7.38. The number of ether oxygens (including phenoxy) is 3. The van der Waals surface area contributed by atoms with Crippen molar-refractivity contribution < 1.29 is 28.6 Å². The SMILES string of the molecule is CCCCCCCCCCCCCCCCCCCCC(=O)OC[C@@H](COC(=O)CCCCCCC)OC(=O)CCCCCCCCCCCCCCCC. The molecule has 0 aliphatic carbocycles. The molecule has 0 spiro atoms. The lowest BCUT2D eigenvalue weighted by Gasteiger charge is -2.18. The summed E-state index contributed by atoms with van der Waals surface area (Å²) in [6.45, 7) is 6.59. The molecule has 0 unspecified atom stereocenters. The highest BCUT2D eigenvalue weighted by molar-refractivity contribution is 5.71. The first-order chi connectivity index (χ1) is 27.0. The minimum Gasteiger partial charge on any atom is -0.462 e. The largest absolute Gasteiger partial charge is 0.462 e. The Morgan fingerprint density at radius 3 is 0.727 bits per heavy atom. The Morgan fingerprint density at radius 1 is 0.291 bits per heavy atom. The summed E-state index contributed by atoms with van der Waals surface area (Å²) in [5.41, 5.74) is 0. The van der Waals surface area contributed by atoms with Crippen molar-refractivity contribution >= 4 is 17.9 Å². The fourth-order valence-corrected chi connectivity index (χ4v) is 7.38. The van der Waals surface area contributed by atoms with E-state index in [1.165, 1.54) is 173 Å². The number of unbranched alkanes of at least 4 members (excludes halogenated alkanes) is 34. The molecular formula is C49H94O6. The van der Waals surface area contributed by atoms with Crippen LogP contribution >= 0.6 is 0 Å². The highest BCUT2D eigenvalue weighted by Gasteiger charge is 2.19. The number of carbonyl (C=O) groups excluding carboxylic acids is 3. The maximum atomic E-state index is 12.7. The van der Waals surface area contributed by atoms with Crippen LogP contribution in [0.2, 0.25) is 0 Å². The van der Waals surface area contributed by atoms with Gasteiger partial charge in [-0.2, -0.15) is 0 Å². The van der Waals surface area contributed by atoms with E-state index in [4.69, 9.17) is 14.2 Å². The van der Waals surface area contributed by atoms with Gasteiger partial charge in [0.25, 0.3) is 0 Å². The van der Waals surface area contributed by atoms with E-state index < -0.39 is 6.10 Å². The quantitative estimate of drug-likeness (QED) is 0.0348. The van der Waals surface area contributed by atoms with E-state index in [9.17, 15) is 14.4 Å². The molecule has 0 saturated heterocycles. The molecule has 55 heavy (non-hydrogen) atoms. The van der Waals surface area contributed by atoms with Crippen molar-refractivity contribution in [3.05, 3.63) is 0 Å². The zero-order chi connectivity index (χ0) is 40.1. The predicted molar refractivity (Wildman–Crippen MR) is 233 cm³/mol. The standard InChI is InChI=1S/C49H94O6/c1-4-7-10-13-15-17-19-21-23-24-25-26-28-29-31-33-36-39-42-48(51)54-45-46(44-53-47(50)41-38-35-12-9-6-3)55-49(52)43-40-37-34-32-30-27-22-20-18-16-14-11-8-5-2/h46H,4-45H2,1-3H3/t46-/m1/s1. The molecule has 0 saturated carbocycles. The molecule has 1 atom stereocenters. The molecule has 0 amide bonds. The molecule has 0 bridgehead atoms. The minimum absolute atomic E-state index is 0.0634. The van der Waals surface area contributed by atoms with Crippen molar-refractivity contribution in [3.8, 4) is 0 Å². The maximum absolute atomic E-state index is 12.7. The van der Waals surface area contributed by atoms with Crippen molar-refractivity contribution in [1.82, 2.24) is 0 Å². The second-order valence-electron chi connectivity index (χ2n) is 16.7. The number of rotatable bonds is 45. The second-order valence-corrected chi connectivity index (χ2v) is 16.7. The van der Waals surface area contributed by atoms with Gasteiger partial charge in [-0.1, -0.05) is 239 Å². The molecule has 6 heteroatoms. The topological polar surface area (TPSA) is 78.9 Å². The van der Waals surface area contributed by atoms with Crippen LogP contribution in [0.15, 0.2) is 0 Å². The summed E-state index contributed by atoms with van der Waals surface area (Å²) in [4.78, 5) is 37.5. The molecule has 0 aromatic rings. The Kier molecular flexibility index (Phi) is 43.8. The van der Waals surface area contributed by atoms with Crippen LogP contribution in [0, 0.1) is 0 Å². The number of esters is 3. The van der Waals surface area contributed by atoms with Crippen molar-refractivity contribution in [2.45, 2.75) is 284 Å². The minimum atomic E-state index is -0.757. The van der Waals surface area contributed by atoms with E-state index in [0.29, 0.717) is 19.3 Å². The molecule has 6 nitrogen and oxygen atoms in total. The van der Waals surface area contributed by atoms with Crippen LogP contribution in [0.25, 0.3) is 0 Å². The van der Waals surface area contributed by atoms with E-state index in [1.54, 1.807) is 0 Å². The maximum Gasteiger partial charge on any atom is 0.306 e. The van der Waals surface area contributed by atoms with Gasteiger partial charge in [-0.15, -0.1) is 0 Å². The van der Waals surface area contributed by atoms with E-state index >= 15 is 0 Å². The average molecular weight is 779 g/mol. The van der Waals surface area contributed by atoms with Crippen LogP contribution < -0.4 is 0 Å². The first kappa shape index (κ1) is 53.4. The summed E-state index contributed by atoms with van der Waals surface area (Å²) in [5.74, 6) is -0.861. The van der Waals surface area contributed by atoms with Gasteiger partial charge in [-0.25, -0.2) is 0 Å². The van der Waals surface area contributed by atoms with Crippen molar-refractivity contribution in [2.75, 3.05) is 13.2 Å². The smallest absolute Gasteiger partial charge is 0.306 e. The Labute approximate surface area is 342 Å². The van der Waals surface area contributed by atoms with Gasteiger partial charge in [0.05, 0.1) is 0 Å². The van der Waals surface area contributed by atoms with E-state index in [0.717, 1.165) is 64.2 Å². The van der Waals surface area contributed by atoms with Gasteiger partial charge in [0, 0.05) is 19.3 Å². The summed E-state index contributed by atoms with van der Waals surface area (Å²) in [7, 11) is 0. The molecule has 0 fully saturated rings. The lowest BCUT2D eigenvalue weighted by molar-refractivity contribution is -0.167. The molecule has 0 aromatic carbocycles. The normalized spacial score (nSPS) is 11.8. The van der Waals surface area contributed by atoms with Crippen LogP contribution in [0.4, 0.5) is 0 Å². The van der Waals surface area contributed by atoms with Gasteiger partial charge in [0.15, 0.2) is 6.10 Å². The number of hydrogen-bond donors (Lipinski definition) is 0. The van der Waals surface area contributed by atoms with Crippen LogP contribution in [-0.2, 0) is 28.6 Å². The average Bonchev–Trinajstić information content (AvgIpc) is 3.18. The number of hydrogen-bond acceptors (Lipinski definition) is 6. The van der Waals surface area contributed by atoms with E-state index in [-0.39, 0.29) is 31.1 Å². The van der Waals surface area contributed by atoms with Gasteiger partial charge in [0.1, 0.15) is 13.2 Å². The fraction of sp³-hybridized carbons (Fsp3) is 0.939. The first-order valence-electron chi connectivity index (χ1n) is 24.5. The van der Waals surface area contributed by atoms with Gasteiger partial charge in [-0.05, 0) is 19.3 Å². The second kappa shape index (κ2) is 45.1. The molecule has 326 valence electrons. The Hall–Kier alpha value is -1.59. The third kappa shape index (κ3) is 43.4. The lowest BCUT2D eigenvalue weighted by Crippen LogP contribution is -2.30. The van der Waals surface area contributed by atoms with E-state index in [1.807, 2.05) is 0 Å². The van der Waals surface area contributed by atoms with Crippen LogP contribution in [0.1, 0.15) is 278 Å². The molecule has 0 aliphatic heterocycles. The Morgan fingerprint density at radius 2 is 0.491 bits per heavy atom. The number of carbonyl (C=O) groups is 3. The van der Waals surface area contributed by atoms with Crippen LogP contribution in [0.3, 0.4) is 0 Å². The highest BCUT2D eigenvalue weighted by Crippen LogP contribution is 2.16. The zero-order valence-corrected chi connectivity index (χ0v) is 37.2. The summed E-state index contributed by atoms with van der Waals surface area (Å²) < 4.78 is 16.6. The van der Waals surface area contributed by atoms with Gasteiger partial charge < -0.3 is 14.2 Å². The Balaban J connectivity index is 4.11. The highest BCUT2D eigenvalue weighted by atomic mass is 16.6. The van der Waals surface area contributed by atoms with Crippen molar-refractivity contribution in [2.24, 2.45) is 0 Å². The van der Waals surface area contributed by atoms with Crippen molar-refractivity contribution in [3.63, 3.8) is 0 Å². The Bertz CT molecular complexity index is 813. The molecule has 0 radical (unpaired) electrons. The summed E-state index contributed by atoms with van der Waals surface area (Å²) in [5, 5.41) is 0. The molecule has 0 aliphatic rings. The molecule has 0 N–H and O–H groups in total.